The molecule has 0 atom stereocenters. The number of hydrogen-bond donors (Lipinski definition) is 6. The molecular weight excluding hydrogens is 381 g/mol. The third kappa shape index (κ3) is 56.2. The number of phosphoric acid groups is 1. The van der Waals surface area contributed by atoms with Crippen LogP contribution in [0.5, 0.6) is 0 Å². The number of unbranched alkanes of at least 4 members (excludes halogenated alkanes) is 13. The van der Waals surface area contributed by atoms with E-state index in [9.17, 15) is 0 Å². The van der Waals surface area contributed by atoms with Gasteiger partial charge in [-0.3, -0.25) is 0 Å². The summed E-state index contributed by atoms with van der Waals surface area (Å²) in [5, 5.41) is 19.1. The van der Waals surface area contributed by atoms with Crippen molar-refractivity contribution in [1.29, 1.82) is 0 Å². The molecule has 28 heavy (non-hydrogen) atoms. The van der Waals surface area contributed by atoms with Gasteiger partial charge < -0.3 is 30.2 Å². The Morgan fingerprint density at radius 2 is 0.786 bits per heavy atom. The van der Waals surface area contributed by atoms with Gasteiger partial charge in [-0.25, -0.2) is 4.57 Å². The van der Waals surface area contributed by atoms with Crippen LogP contribution in [0.25, 0.3) is 0 Å². The molecule has 0 fully saturated rings. The Hall–Kier alpha value is -0.0100. The highest BCUT2D eigenvalue weighted by Crippen LogP contribution is 2.25. The zero-order chi connectivity index (χ0) is 21.9. The SMILES string of the molecule is CCCCCCCCCCCCCCCC.O=P(O)(O)O.OCCNCCO. The van der Waals surface area contributed by atoms with E-state index in [-0.39, 0.29) is 13.2 Å². The Kier molecular flexibility index (Phi) is 34.0. The first-order valence-electron chi connectivity index (χ1n) is 11.0. The summed E-state index contributed by atoms with van der Waals surface area (Å²) in [6.07, 6.45) is 20.4. The molecule has 6 N–H and O–H groups in total. The molecular formula is C20H48NO6P. The monoisotopic (exact) mass is 429 g/mol. The molecule has 0 aliphatic rings. The van der Waals surface area contributed by atoms with Gasteiger partial charge in [0.2, 0.25) is 0 Å². The summed E-state index contributed by atoms with van der Waals surface area (Å²) in [5.74, 6) is 0. The molecule has 0 radical (unpaired) electrons. The second kappa shape index (κ2) is 29.2. The van der Waals surface area contributed by atoms with Crippen molar-refractivity contribution in [3.63, 3.8) is 0 Å². The van der Waals surface area contributed by atoms with Crippen molar-refractivity contribution >= 4 is 7.82 Å². The molecule has 0 aliphatic heterocycles. The van der Waals surface area contributed by atoms with E-state index in [2.05, 4.69) is 19.2 Å². The van der Waals surface area contributed by atoms with E-state index in [1.807, 2.05) is 0 Å². The van der Waals surface area contributed by atoms with Gasteiger partial charge in [0.05, 0.1) is 13.2 Å². The molecule has 0 bridgehead atoms. The van der Waals surface area contributed by atoms with E-state index in [4.69, 9.17) is 29.5 Å². The Balaban J connectivity index is -0.000000427. The van der Waals surface area contributed by atoms with Crippen molar-refractivity contribution < 1.29 is 29.5 Å². The van der Waals surface area contributed by atoms with Crippen LogP contribution in [-0.4, -0.2) is 51.2 Å². The van der Waals surface area contributed by atoms with Crippen molar-refractivity contribution in [1.82, 2.24) is 5.32 Å². The summed E-state index contributed by atoms with van der Waals surface area (Å²) in [6.45, 7) is 6.00. The topological polar surface area (TPSA) is 130 Å². The van der Waals surface area contributed by atoms with Crippen LogP contribution in [0, 0.1) is 0 Å². The first kappa shape index (κ1) is 32.6. The lowest BCUT2D eigenvalue weighted by Crippen LogP contribution is -2.21. The molecule has 7 nitrogen and oxygen atoms in total. The summed E-state index contributed by atoms with van der Waals surface area (Å²) < 4.78 is 8.88. The molecule has 0 aromatic rings. The molecule has 8 heteroatoms. The quantitative estimate of drug-likeness (QED) is 0.151. The Bertz CT molecular complexity index is 276. The average molecular weight is 430 g/mol. The summed E-state index contributed by atoms with van der Waals surface area (Å²) >= 11 is 0. The van der Waals surface area contributed by atoms with Crippen LogP contribution < -0.4 is 5.32 Å². The summed E-state index contributed by atoms with van der Waals surface area (Å²) in [6, 6.07) is 0. The molecule has 174 valence electrons. The van der Waals surface area contributed by atoms with E-state index in [0.717, 1.165) is 0 Å². The van der Waals surface area contributed by atoms with Crippen molar-refractivity contribution in [3.05, 3.63) is 0 Å². The minimum atomic E-state index is -4.64. The van der Waals surface area contributed by atoms with Gasteiger partial charge in [0.15, 0.2) is 0 Å². The number of aliphatic hydroxyl groups excluding tert-OH is 2. The molecule has 0 saturated heterocycles. The van der Waals surface area contributed by atoms with Crippen LogP contribution in [0.4, 0.5) is 0 Å². The van der Waals surface area contributed by atoms with Crippen molar-refractivity contribution in [3.8, 4) is 0 Å². The minimum absolute atomic E-state index is 0.139. The molecule has 0 heterocycles. The fraction of sp³-hybridized carbons (Fsp3) is 1.00. The van der Waals surface area contributed by atoms with Gasteiger partial charge in [0.1, 0.15) is 0 Å². The van der Waals surface area contributed by atoms with Crippen LogP contribution in [0.3, 0.4) is 0 Å². The van der Waals surface area contributed by atoms with Crippen molar-refractivity contribution in [2.24, 2.45) is 0 Å². The molecule has 0 spiro atoms. The highest BCUT2D eigenvalue weighted by molar-refractivity contribution is 7.45. The predicted molar refractivity (Wildman–Crippen MR) is 117 cm³/mol. The lowest BCUT2D eigenvalue weighted by Gasteiger charge is -2.02. The van der Waals surface area contributed by atoms with Crippen LogP contribution in [0.1, 0.15) is 104 Å². The maximum absolute atomic E-state index is 8.88. The molecule has 0 aromatic carbocycles. The number of aliphatic hydroxyl groups is 2. The van der Waals surface area contributed by atoms with Crippen molar-refractivity contribution in [2.45, 2.75) is 104 Å². The van der Waals surface area contributed by atoms with Gasteiger partial charge in [-0.1, -0.05) is 104 Å². The van der Waals surface area contributed by atoms with E-state index in [1.54, 1.807) is 0 Å². The molecule has 0 amide bonds. The summed E-state index contributed by atoms with van der Waals surface area (Å²) in [7, 11) is -4.64. The highest BCUT2D eigenvalue weighted by Gasteiger charge is 2.00. The molecule has 0 aliphatic carbocycles. The first-order chi connectivity index (χ1) is 13.3. The van der Waals surface area contributed by atoms with Gasteiger partial charge in [-0.2, -0.15) is 0 Å². The van der Waals surface area contributed by atoms with Crippen LogP contribution in [0.15, 0.2) is 0 Å². The van der Waals surface area contributed by atoms with Gasteiger partial charge in [0.25, 0.3) is 0 Å². The maximum Gasteiger partial charge on any atom is 0.466 e. The second-order valence-electron chi connectivity index (χ2n) is 6.95. The fourth-order valence-electron chi connectivity index (χ4n) is 2.55. The molecule has 0 saturated carbocycles. The van der Waals surface area contributed by atoms with E-state index in [1.165, 1.54) is 89.9 Å². The fourth-order valence-corrected chi connectivity index (χ4v) is 2.55. The van der Waals surface area contributed by atoms with Gasteiger partial charge in [-0.15, -0.1) is 0 Å². The molecule has 0 aromatic heterocycles. The van der Waals surface area contributed by atoms with E-state index < -0.39 is 7.82 Å². The Morgan fingerprint density at radius 3 is 0.964 bits per heavy atom. The van der Waals surface area contributed by atoms with Crippen LogP contribution in [-0.2, 0) is 4.57 Å². The number of rotatable bonds is 17. The zero-order valence-electron chi connectivity index (χ0n) is 18.3. The van der Waals surface area contributed by atoms with E-state index >= 15 is 0 Å². The second-order valence-corrected chi connectivity index (χ2v) is 7.98. The lowest BCUT2D eigenvalue weighted by atomic mass is 10.0. The van der Waals surface area contributed by atoms with Gasteiger partial charge >= 0.3 is 7.82 Å². The highest BCUT2D eigenvalue weighted by atomic mass is 31.2. The van der Waals surface area contributed by atoms with Gasteiger partial charge in [0, 0.05) is 13.1 Å². The van der Waals surface area contributed by atoms with Crippen LogP contribution >= 0.6 is 7.82 Å². The Labute approximate surface area is 173 Å². The normalized spacial score (nSPS) is 10.7. The van der Waals surface area contributed by atoms with E-state index in [0.29, 0.717) is 13.1 Å². The zero-order valence-corrected chi connectivity index (χ0v) is 19.2. The predicted octanol–water partition coefficient (Wildman–Crippen LogP) is 4.12. The average Bonchev–Trinajstić information content (AvgIpc) is 2.62. The van der Waals surface area contributed by atoms with Gasteiger partial charge in [-0.05, 0) is 0 Å². The minimum Gasteiger partial charge on any atom is -0.395 e. The summed E-state index contributed by atoms with van der Waals surface area (Å²) in [5.41, 5.74) is 0. The third-order valence-electron chi connectivity index (χ3n) is 4.03. The summed E-state index contributed by atoms with van der Waals surface area (Å²) in [4.78, 5) is 21.6. The van der Waals surface area contributed by atoms with Crippen LogP contribution in [0.2, 0.25) is 0 Å². The lowest BCUT2D eigenvalue weighted by molar-refractivity contribution is 0.266. The smallest absolute Gasteiger partial charge is 0.395 e. The molecule has 0 rings (SSSR count). The standard InChI is InChI=1S/C16H34.C4H11NO2.H3O4P/c1-3-5-7-9-11-13-15-16-14-12-10-8-6-4-2;6-3-1-5-2-4-7;1-5(2,3)4/h3-16H2,1-2H3;5-7H,1-4H2;(H3,1,2,3,4). The third-order valence-corrected chi connectivity index (χ3v) is 4.03. The Morgan fingerprint density at radius 1 is 0.571 bits per heavy atom. The largest absolute Gasteiger partial charge is 0.466 e. The number of hydrogen-bond acceptors (Lipinski definition) is 4. The molecule has 0 unspecified atom stereocenters. The maximum atomic E-state index is 8.88. The number of nitrogens with one attached hydrogen (secondary N) is 1. The van der Waals surface area contributed by atoms with Crippen molar-refractivity contribution in [2.75, 3.05) is 26.3 Å². The first-order valence-corrected chi connectivity index (χ1v) is 12.6.